The fourth-order valence-electron chi connectivity index (χ4n) is 2.98. The molecule has 0 amide bonds. The van der Waals surface area contributed by atoms with E-state index in [4.69, 9.17) is 0 Å². The molecule has 0 saturated heterocycles. The van der Waals surface area contributed by atoms with Crippen LogP contribution in [0.15, 0.2) is 30.3 Å². The molecule has 0 spiro atoms. The van der Waals surface area contributed by atoms with Gasteiger partial charge in [0.25, 0.3) is 0 Å². The van der Waals surface area contributed by atoms with Crippen molar-refractivity contribution >= 4 is 0 Å². The molecule has 0 saturated carbocycles. The molecular formula is C23H31Zr. The maximum Gasteiger partial charge on any atom is 3.00 e. The smallest absolute Gasteiger partial charge is 0.358 e. The molecule has 0 fully saturated rings. The van der Waals surface area contributed by atoms with Crippen LogP contribution in [0.4, 0.5) is 0 Å². The van der Waals surface area contributed by atoms with E-state index in [0.717, 1.165) is 6.42 Å². The Morgan fingerprint density at radius 1 is 0.792 bits per heavy atom. The molecule has 24 heavy (non-hydrogen) atoms. The molecule has 0 aromatic heterocycles. The molecule has 0 bridgehead atoms. The van der Waals surface area contributed by atoms with E-state index in [1.54, 1.807) is 0 Å². The van der Waals surface area contributed by atoms with E-state index in [2.05, 4.69) is 77.9 Å². The second-order valence-corrected chi connectivity index (χ2v) is 8.33. The summed E-state index contributed by atoms with van der Waals surface area (Å²) in [4.78, 5) is 0. The molecule has 0 nitrogen and oxygen atoms in total. The van der Waals surface area contributed by atoms with Crippen LogP contribution in [-0.2, 0) is 43.5 Å². The van der Waals surface area contributed by atoms with Gasteiger partial charge < -0.3 is 14.9 Å². The maximum absolute atomic E-state index is 3.53. The van der Waals surface area contributed by atoms with Gasteiger partial charge in [0.1, 0.15) is 0 Å². The summed E-state index contributed by atoms with van der Waals surface area (Å²) in [6, 6.07) is 15.1. The standard InChI is InChI=1S/C21H25.2CH3.Zr/c1-20(2,3)16-9-7-14-11-15-8-10-17(21(4,5)6)13-19(15)18(14)12-16;;;/h7,9-10,12-13H,11H2,1-6H3;2*1H3;/q3*-1;+3. The molecule has 0 unspecified atom stereocenters. The van der Waals surface area contributed by atoms with Gasteiger partial charge in [0.2, 0.25) is 0 Å². The minimum absolute atomic E-state index is 0. The van der Waals surface area contributed by atoms with Crippen molar-refractivity contribution < 1.29 is 26.2 Å². The molecule has 0 aliphatic heterocycles. The largest absolute Gasteiger partial charge is 3.00 e. The van der Waals surface area contributed by atoms with Gasteiger partial charge in [0.05, 0.1) is 0 Å². The van der Waals surface area contributed by atoms with E-state index in [0.29, 0.717) is 0 Å². The van der Waals surface area contributed by atoms with Crippen LogP contribution in [0.5, 0.6) is 0 Å². The Bertz CT molecular complexity index is 635. The first-order valence-corrected chi connectivity index (χ1v) is 7.85. The summed E-state index contributed by atoms with van der Waals surface area (Å²) in [5, 5.41) is 0. The summed E-state index contributed by atoms with van der Waals surface area (Å²) in [5.41, 5.74) is 8.76. The molecule has 2 aromatic carbocycles. The zero-order valence-electron chi connectivity index (χ0n) is 16.6. The molecule has 0 heterocycles. The zero-order valence-corrected chi connectivity index (χ0v) is 19.1. The Kier molecular flexibility index (Phi) is 7.48. The van der Waals surface area contributed by atoms with Crippen molar-refractivity contribution in [2.24, 2.45) is 0 Å². The summed E-state index contributed by atoms with van der Waals surface area (Å²) in [6.45, 7) is 13.6. The summed E-state index contributed by atoms with van der Waals surface area (Å²) in [6.07, 6.45) is 1.03. The van der Waals surface area contributed by atoms with Crippen LogP contribution < -0.4 is 0 Å². The van der Waals surface area contributed by atoms with Gasteiger partial charge in [-0.3, -0.25) is 0 Å². The number of fused-ring (bicyclic) bond motifs is 3. The summed E-state index contributed by atoms with van der Waals surface area (Å²) >= 11 is 0. The fraction of sp³-hybridized carbons (Fsp3) is 0.391. The van der Waals surface area contributed by atoms with Crippen LogP contribution in [-0.4, -0.2) is 0 Å². The SMILES string of the molecule is CC(C)(C)c1c[c-]c2c(c1)-c1cc(C(C)(C)C)ccc1C2.[CH3-].[CH3-].[Zr+3]. The van der Waals surface area contributed by atoms with Gasteiger partial charge in [0, 0.05) is 0 Å². The van der Waals surface area contributed by atoms with Crippen molar-refractivity contribution in [3.05, 3.63) is 73.5 Å². The molecule has 0 N–H and O–H groups in total. The second kappa shape index (κ2) is 7.69. The normalized spacial score (nSPS) is 12.2. The van der Waals surface area contributed by atoms with Gasteiger partial charge >= 0.3 is 26.2 Å². The van der Waals surface area contributed by atoms with Crippen molar-refractivity contribution in [2.45, 2.75) is 58.8 Å². The molecule has 1 heteroatoms. The first kappa shape index (κ1) is 23.3. The van der Waals surface area contributed by atoms with Crippen molar-refractivity contribution in [1.29, 1.82) is 0 Å². The van der Waals surface area contributed by atoms with Crippen LogP contribution in [0.25, 0.3) is 11.1 Å². The number of hydrogen-bond acceptors (Lipinski definition) is 0. The van der Waals surface area contributed by atoms with E-state index < -0.39 is 0 Å². The van der Waals surface area contributed by atoms with Gasteiger partial charge in [0.15, 0.2) is 0 Å². The predicted molar refractivity (Wildman–Crippen MR) is 104 cm³/mol. The minimum atomic E-state index is 0. The summed E-state index contributed by atoms with van der Waals surface area (Å²) in [7, 11) is 0. The van der Waals surface area contributed by atoms with Gasteiger partial charge in [-0.25, -0.2) is 0 Å². The summed E-state index contributed by atoms with van der Waals surface area (Å²) < 4.78 is 0. The second-order valence-electron chi connectivity index (χ2n) is 8.33. The van der Waals surface area contributed by atoms with Gasteiger partial charge in [-0.1, -0.05) is 76.3 Å². The van der Waals surface area contributed by atoms with E-state index in [1.165, 1.54) is 33.4 Å². The van der Waals surface area contributed by atoms with Crippen LogP contribution in [0.2, 0.25) is 0 Å². The fourth-order valence-corrected chi connectivity index (χ4v) is 2.98. The van der Waals surface area contributed by atoms with Crippen LogP contribution >= 0.6 is 0 Å². The third kappa shape index (κ3) is 4.29. The average Bonchev–Trinajstić information content (AvgIpc) is 2.73. The Hall–Kier alpha value is -0.677. The number of hydrogen-bond donors (Lipinski definition) is 0. The average molecular weight is 399 g/mol. The Morgan fingerprint density at radius 3 is 1.88 bits per heavy atom. The Labute approximate surface area is 169 Å². The molecule has 3 rings (SSSR count). The molecular weight excluding hydrogens is 367 g/mol. The van der Waals surface area contributed by atoms with Gasteiger partial charge in [-0.05, 0) is 17.4 Å². The molecule has 0 atom stereocenters. The number of rotatable bonds is 0. The Morgan fingerprint density at radius 2 is 1.33 bits per heavy atom. The van der Waals surface area contributed by atoms with E-state index in [-0.39, 0.29) is 51.9 Å². The first-order chi connectivity index (χ1) is 9.66. The van der Waals surface area contributed by atoms with Gasteiger partial charge in [-0.15, -0.1) is 5.56 Å². The van der Waals surface area contributed by atoms with E-state index in [1.807, 2.05) is 0 Å². The third-order valence-electron chi connectivity index (χ3n) is 4.53. The van der Waals surface area contributed by atoms with Crippen molar-refractivity contribution in [3.8, 4) is 11.1 Å². The number of benzene rings is 2. The molecule has 1 aliphatic rings. The van der Waals surface area contributed by atoms with Crippen molar-refractivity contribution in [2.75, 3.05) is 0 Å². The Balaban J connectivity index is 0.00000176. The zero-order chi connectivity index (χ0) is 15.4. The topological polar surface area (TPSA) is 0 Å². The van der Waals surface area contributed by atoms with E-state index in [9.17, 15) is 0 Å². The van der Waals surface area contributed by atoms with Crippen LogP contribution in [0.3, 0.4) is 0 Å². The third-order valence-corrected chi connectivity index (χ3v) is 4.53. The molecule has 1 aliphatic carbocycles. The van der Waals surface area contributed by atoms with Crippen LogP contribution in [0, 0.1) is 20.9 Å². The maximum atomic E-state index is 3.53. The minimum Gasteiger partial charge on any atom is -0.358 e. The molecule has 1 radical (unpaired) electrons. The van der Waals surface area contributed by atoms with Crippen LogP contribution in [0.1, 0.15) is 63.8 Å². The first-order valence-electron chi connectivity index (χ1n) is 7.85. The molecule has 2 aromatic rings. The monoisotopic (exact) mass is 397 g/mol. The molecule has 127 valence electrons. The van der Waals surface area contributed by atoms with Crippen molar-refractivity contribution in [3.63, 3.8) is 0 Å². The van der Waals surface area contributed by atoms with Gasteiger partial charge in [-0.2, -0.15) is 29.3 Å². The quantitative estimate of drug-likeness (QED) is 0.377. The summed E-state index contributed by atoms with van der Waals surface area (Å²) in [5.74, 6) is 0. The van der Waals surface area contributed by atoms with Crippen molar-refractivity contribution in [1.82, 2.24) is 0 Å². The predicted octanol–water partition coefficient (Wildman–Crippen LogP) is 6.55. The van der Waals surface area contributed by atoms with E-state index >= 15 is 0 Å².